The molecule has 1 N–H and O–H groups in total. The van der Waals surface area contributed by atoms with Gasteiger partial charge in [0.15, 0.2) is 0 Å². The molecule has 0 spiro atoms. The number of nitrogens with zero attached hydrogens (tertiary/aromatic N) is 1. The maximum atomic E-state index is 11.7. The summed E-state index contributed by atoms with van der Waals surface area (Å²) in [5.74, 6) is -0.799. The van der Waals surface area contributed by atoms with E-state index < -0.39 is 11.2 Å². The Hall–Kier alpha value is -0.620. The van der Waals surface area contributed by atoms with Crippen LogP contribution < -0.4 is 0 Å². The van der Waals surface area contributed by atoms with E-state index in [1.165, 1.54) is 16.7 Å². The number of thioether (sulfide) groups is 1. The molecule has 0 aromatic carbocycles. The summed E-state index contributed by atoms with van der Waals surface area (Å²) in [6.45, 7) is 4.55. The summed E-state index contributed by atoms with van der Waals surface area (Å²) in [4.78, 5) is 23.8. The lowest BCUT2D eigenvalue weighted by Gasteiger charge is -2.17. The number of carboxylic acid groups (broad SMARTS) is 1. The minimum absolute atomic E-state index is 0.155. The molecule has 0 saturated carbocycles. The van der Waals surface area contributed by atoms with Crippen molar-refractivity contribution in [2.24, 2.45) is 5.92 Å². The number of thiocarbonyl (C=S) groups is 1. The maximum absolute atomic E-state index is 11.7. The van der Waals surface area contributed by atoms with Crippen molar-refractivity contribution in [1.29, 1.82) is 0 Å². The molecule has 1 saturated heterocycles. The normalized spacial score (nSPS) is 21.5. The van der Waals surface area contributed by atoms with Gasteiger partial charge in [-0.15, -0.1) is 0 Å². The Morgan fingerprint density at radius 1 is 1.67 bits per heavy atom. The van der Waals surface area contributed by atoms with Crippen LogP contribution in [0.4, 0.5) is 0 Å². The van der Waals surface area contributed by atoms with Crippen molar-refractivity contribution in [1.82, 2.24) is 4.90 Å². The van der Waals surface area contributed by atoms with E-state index in [0.29, 0.717) is 16.8 Å². The average molecular weight is 247 g/mol. The van der Waals surface area contributed by atoms with Crippen LogP contribution in [0.1, 0.15) is 20.3 Å². The number of carbonyl (C=O) groups excluding carboxylic acids is 1. The van der Waals surface area contributed by atoms with E-state index in [1.807, 2.05) is 13.8 Å². The van der Waals surface area contributed by atoms with Gasteiger partial charge in [-0.25, -0.2) is 0 Å². The molecule has 1 rings (SSSR count). The predicted octanol–water partition coefficient (Wildman–Crippen LogP) is 1.35. The van der Waals surface area contributed by atoms with Crippen molar-refractivity contribution in [3.8, 4) is 0 Å². The van der Waals surface area contributed by atoms with Crippen LogP contribution in [0.3, 0.4) is 0 Å². The van der Waals surface area contributed by atoms with Gasteiger partial charge < -0.3 is 5.11 Å². The molecule has 84 valence electrons. The lowest BCUT2D eigenvalue weighted by Crippen LogP contribution is -2.34. The molecule has 0 aliphatic carbocycles. The summed E-state index contributed by atoms with van der Waals surface area (Å²) in [7, 11) is 0. The lowest BCUT2D eigenvalue weighted by molar-refractivity contribution is -0.139. The first-order valence-corrected chi connectivity index (χ1v) is 5.94. The molecule has 6 heteroatoms. The Balaban J connectivity index is 2.66. The maximum Gasteiger partial charge on any atom is 0.305 e. The number of hydrogen-bond acceptors (Lipinski definition) is 4. The van der Waals surface area contributed by atoms with Crippen LogP contribution in [0.2, 0.25) is 0 Å². The van der Waals surface area contributed by atoms with Crippen molar-refractivity contribution >= 4 is 40.2 Å². The summed E-state index contributed by atoms with van der Waals surface area (Å²) < 4.78 is 0.500. The Morgan fingerprint density at radius 2 is 2.27 bits per heavy atom. The Bertz CT molecular complexity index is 304. The van der Waals surface area contributed by atoms with E-state index in [0.717, 1.165) is 0 Å². The third-order valence-corrected chi connectivity index (χ3v) is 3.50. The monoisotopic (exact) mass is 247 g/mol. The molecule has 15 heavy (non-hydrogen) atoms. The molecule has 1 aliphatic heterocycles. The second kappa shape index (κ2) is 4.94. The number of carbonyl (C=O) groups is 2. The molecule has 1 unspecified atom stereocenters. The minimum atomic E-state index is -0.963. The summed E-state index contributed by atoms with van der Waals surface area (Å²) in [6.07, 6.45) is -0.155. The zero-order chi connectivity index (χ0) is 11.6. The fraction of sp³-hybridized carbons (Fsp3) is 0.667. The Labute approximate surface area is 98.0 Å². The number of carboxylic acids is 1. The van der Waals surface area contributed by atoms with Crippen molar-refractivity contribution < 1.29 is 14.7 Å². The van der Waals surface area contributed by atoms with Gasteiger partial charge in [-0.3, -0.25) is 14.5 Å². The zero-order valence-corrected chi connectivity index (χ0v) is 10.2. The van der Waals surface area contributed by atoms with Crippen molar-refractivity contribution in [2.45, 2.75) is 25.5 Å². The molecule has 0 bridgehead atoms. The van der Waals surface area contributed by atoms with Gasteiger partial charge in [-0.2, -0.15) is 0 Å². The quantitative estimate of drug-likeness (QED) is 0.760. The summed E-state index contributed by atoms with van der Waals surface area (Å²) in [5, 5.41) is 8.09. The van der Waals surface area contributed by atoms with Crippen LogP contribution in [0, 0.1) is 5.92 Å². The van der Waals surface area contributed by atoms with Gasteiger partial charge in [0.2, 0.25) is 5.91 Å². The third-order valence-electron chi connectivity index (χ3n) is 1.91. The first-order chi connectivity index (χ1) is 6.91. The molecular weight excluding hydrogens is 234 g/mol. The number of hydrogen-bond donors (Lipinski definition) is 1. The molecule has 0 aromatic rings. The summed E-state index contributed by atoms with van der Waals surface area (Å²) in [5.41, 5.74) is 0. The highest BCUT2D eigenvalue weighted by molar-refractivity contribution is 8.24. The molecule has 1 heterocycles. The molecular formula is C9H13NO3S2. The van der Waals surface area contributed by atoms with Crippen molar-refractivity contribution in [3.63, 3.8) is 0 Å². The van der Waals surface area contributed by atoms with Gasteiger partial charge in [-0.05, 0) is 5.92 Å². The largest absolute Gasteiger partial charge is 0.481 e. The minimum Gasteiger partial charge on any atom is -0.481 e. The number of amides is 1. The second-order valence-corrected chi connectivity index (χ2v) is 5.65. The average Bonchev–Trinajstić information content (AvgIpc) is 2.31. The summed E-state index contributed by atoms with van der Waals surface area (Å²) in [6, 6.07) is 0. The first-order valence-electron chi connectivity index (χ1n) is 4.65. The molecule has 0 radical (unpaired) electrons. The van der Waals surface area contributed by atoms with Crippen LogP contribution in [0.5, 0.6) is 0 Å². The van der Waals surface area contributed by atoms with Crippen LogP contribution in [0.15, 0.2) is 0 Å². The van der Waals surface area contributed by atoms with Crippen LogP contribution in [-0.4, -0.2) is 38.0 Å². The standard InChI is InChI=1S/C9H13NO3S2/c1-5(2)4-10-8(13)6(3-7(11)12)15-9(10)14/h5-6H,3-4H2,1-2H3,(H,11,12). The molecule has 4 nitrogen and oxygen atoms in total. The highest BCUT2D eigenvalue weighted by Gasteiger charge is 2.38. The van der Waals surface area contributed by atoms with E-state index in [1.54, 1.807) is 0 Å². The molecule has 1 atom stereocenters. The van der Waals surface area contributed by atoms with Gasteiger partial charge in [-0.1, -0.05) is 37.8 Å². The predicted molar refractivity (Wildman–Crippen MR) is 62.8 cm³/mol. The summed E-state index contributed by atoms with van der Waals surface area (Å²) >= 11 is 6.22. The van der Waals surface area contributed by atoms with Crippen LogP contribution in [-0.2, 0) is 9.59 Å². The Morgan fingerprint density at radius 3 is 2.73 bits per heavy atom. The van der Waals surface area contributed by atoms with Crippen LogP contribution >= 0.6 is 24.0 Å². The lowest BCUT2D eigenvalue weighted by atomic mass is 10.2. The van der Waals surface area contributed by atoms with Crippen molar-refractivity contribution in [3.05, 3.63) is 0 Å². The SMILES string of the molecule is CC(C)CN1C(=O)C(CC(=O)O)SC1=S. The van der Waals surface area contributed by atoms with Crippen molar-refractivity contribution in [2.75, 3.05) is 6.54 Å². The Kier molecular flexibility index (Phi) is 4.10. The van der Waals surface area contributed by atoms with Gasteiger partial charge in [0, 0.05) is 6.54 Å². The molecule has 1 aliphatic rings. The van der Waals surface area contributed by atoms with E-state index in [-0.39, 0.29) is 12.3 Å². The molecule has 0 aromatic heterocycles. The van der Waals surface area contributed by atoms with Gasteiger partial charge in [0.05, 0.1) is 6.42 Å². The van der Waals surface area contributed by atoms with Gasteiger partial charge >= 0.3 is 5.97 Å². The van der Waals surface area contributed by atoms with Gasteiger partial charge in [0.1, 0.15) is 9.57 Å². The van der Waals surface area contributed by atoms with E-state index in [2.05, 4.69) is 0 Å². The van der Waals surface area contributed by atoms with E-state index in [9.17, 15) is 9.59 Å². The zero-order valence-electron chi connectivity index (χ0n) is 8.60. The highest BCUT2D eigenvalue weighted by atomic mass is 32.2. The molecule has 1 amide bonds. The molecule has 1 fully saturated rings. The van der Waals surface area contributed by atoms with Crippen LogP contribution in [0.25, 0.3) is 0 Å². The first kappa shape index (κ1) is 12.4. The number of rotatable bonds is 4. The fourth-order valence-electron chi connectivity index (χ4n) is 1.32. The fourth-order valence-corrected chi connectivity index (χ4v) is 2.82. The smallest absolute Gasteiger partial charge is 0.305 e. The topological polar surface area (TPSA) is 57.6 Å². The second-order valence-electron chi connectivity index (χ2n) is 3.81. The third kappa shape index (κ3) is 3.17. The highest BCUT2D eigenvalue weighted by Crippen LogP contribution is 2.30. The van der Waals surface area contributed by atoms with E-state index >= 15 is 0 Å². The van der Waals surface area contributed by atoms with E-state index in [4.69, 9.17) is 17.3 Å². The van der Waals surface area contributed by atoms with Gasteiger partial charge in [0.25, 0.3) is 0 Å². The number of aliphatic carboxylic acids is 1.